The van der Waals surface area contributed by atoms with Crippen LogP contribution in [0, 0.1) is 6.92 Å². The second-order valence-electron chi connectivity index (χ2n) is 9.67. The number of quaternary nitrogens is 1. The van der Waals surface area contributed by atoms with Gasteiger partial charge in [0, 0.05) is 0 Å². The maximum absolute atomic E-state index is 11.3. The van der Waals surface area contributed by atoms with E-state index in [4.69, 9.17) is 9.15 Å². The standard InChI is InChI=1S/C30H32N2O5SSe/c1-5-21(18-29-31(6-2)24-16-20(3)26(36-4)19-27(24)39-29)17-28-32(14-9-15-38(33,34)35)30-23-11-8-7-10-22(23)12-13-25(30)37-28/h7-8,10-13,16-19H,5-6,9,14-15H2,1-4H3/p+1. The number of hydrogen-bond donors (Lipinski definition) is 1. The van der Waals surface area contributed by atoms with Crippen molar-refractivity contribution in [2.75, 3.05) is 19.4 Å². The van der Waals surface area contributed by atoms with E-state index in [-0.39, 0.29) is 21.4 Å². The number of methoxy groups -OCH3 is 1. The Bertz CT molecular complexity index is 1720. The molecule has 0 amide bonds. The van der Waals surface area contributed by atoms with Crippen LogP contribution >= 0.6 is 0 Å². The van der Waals surface area contributed by atoms with E-state index in [2.05, 4.69) is 45.1 Å². The molecule has 0 aliphatic carbocycles. The van der Waals surface area contributed by atoms with E-state index >= 15 is 0 Å². The quantitative estimate of drug-likeness (QED) is 0.178. The van der Waals surface area contributed by atoms with Gasteiger partial charge in [0.15, 0.2) is 0 Å². The van der Waals surface area contributed by atoms with Crippen molar-refractivity contribution in [1.29, 1.82) is 0 Å². The number of benzene rings is 3. The van der Waals surface area contributed by atoms with Gasteiger partial charge in [-0.1, -0.05) is 0 Å². The molecule has 0 bridgehead atoms. The summed E-state index contributed by atoms with van der Waals surface area (Å²) < 4.78 is 50.7. The Morgan fingerprint density at radius 3 is 2.69 bits per heavy atom. The third kappa shape index (κ3) is 5.69. The summed E-state index contributed by atoms with van der Waals surface area (Å²) >= 11 is 0.165. The van der Waals surface area contributed by atoms with Gasteiger partial charge in [-0.25, -0.2) is 0 Å². The summed E-state index contributed by atoms with van der Waals surface area (Å²) in [5.74, 6) is 1.16. The van der Waals surface area contributed by atoms with Crippen LogP contribution in [-0.4, -0.2) is 47.3 Å². The van der Waals surface area contributed by atoms with Crippen molar-refractivity contribution in [1.82, 2.24) is 0 Å². The van der Waals surface area contributed by atoms with Crippen molar-refractivity contribution in [3.8, 4) is 5.75 Å². The molecule has 1 N–H and O–H groups in total. The van der Waals surface area contributed by atoms with E-state index in [1.165, 1.54) is 19.6 Å². The normalized spacial score (nSPS) is 16.9. The van der Waals surface area contributed by atoms with Crippen LogP contribution in [0.3, 0.4) is 0 Å². The van der Waals surface area contributed by atoms with E-state index in [1.54, 1.807) is 7.11 Å². The molecule has 1 aliphatic rings. The molecular weight excluding hydrogens is 579 g/mol. The molecule has 1 unspecified atom stereocenters. The van der Waals surface area contributed by atoms with Crippen molar-refractivity contribution in [2.45, 2.75) is 40.2 Å². The van der Waals surface area contributed by atoms with Gasteiger partial charge in [-0.2, -0.15) is 0 Å². The fourth-order valence-electron chi connectivity index (χ4n) is 5.18. The number of nitrogens with zero attached hydrogens (tertiary/aromatic N) is 1. The number of oxazole rings is 1. The first-order valence-corrected chi connectivity index (χ1v) is 16.4. The molecule has 1 aromatic heterocycles. The number of ether oxygens (including phenoxy) is 1. The van der Waals surface area contributed by atoms with Crippen molar-refractivity contribution >= 4 is 63.2 Å². The monoisotopic (exact) mass is 613 g/mol. The van der Waals surface area contributed by atoms with Crippen molar-refractivity contribution in [3.05, 3.63) is 76.2 Å². The molecule has 204 valence electrons. The van der Waals surface area contributed by atoms with Gasteiger partial charge in [-0.15, -0.1) is 0 Å². The van der Waals surface area contributed by atoms with E-state index in [0.29, 0.717) is 12.4 Å². The van der Waals surface area contributed by atoms with E-state index in [1.807, 2.05) is 41.0 Å². The van der Waals surface area contributed by atoms with Crippen molar-refractivity contribution in [3.63, 3.8) is 0 Å². The second kappa shape index (κ2) is 11.3. The average Bonchev–Trinajstić information content (AvgIpc) is 3.43. The zero-order chi connectivity index (χ0) is 27.7. The van der Waals surface area contributed by atoms with Gasteiger partial charge in [0.05, 0.1) is 0 Å². The van der Waals surface area contributed by atoms with E-state index in [0.717, 1.165) is 51.7 Å². The maximum atomic E-state index is 11.3. The summed E-state index contributed by atoms with van der Waals surface area (Å²) in [6, 6.07) is 16.5. The van der Waals surface area contributed by atoms with Gasteiger partial charge in [-0.05, 0) is 0 Å². The van der Waals surface area contributed by atoms with Gasteiger partial charge in [0.2, 0.25) is 0 Å². The molecule has 2 heterocycles. The van der Waals surface area contributed by atoms with Gasteiger partial charge in [0.25, 0.3) is 0 Å². The van der Waals surface area contributed by atoms with Gasteiger partial charge in [-0.3, -0.25) is 0 Å². The number of aryl methyl sites for hydroxylation is 2. The minimum absolute atomic E-state index is 0.165. The first-order chi connectivity index (χ1) is 18.7. The molecule has 3 aromatic carbocycles. The number of fused-ring (bicyclic) bond motifs is 4. The van der Waals surface area contributed by atoms with Crippen LogP contribution in [0.2, 0.25) is 0 Å². The SMILES string of the molecule is CCC(=Cc1oc2ccc3ccccc3c2[n+]1CCCS(=O)(=O)[O-])C=C1[Se]c2cc(OC)c(C)cc2[NH+]1CC. The topological polar surface area (TPSA) is 87.9 Å². The first kappa shape index (κ1) is 27.6. The molecule has 0 saturated carbocycles. The van der Waals surface area contributed by atoms with Crippen LogP contribution in [0.4, 0.5) is 5.69 Å². The Labute approximate surface area is 235 Å². The fourth-order valence-corrected chi connectivity index (χ4v) is 8.35. The Kier molecular flexibility index (Phi) is 7.98. The Hall–Kier alpha value is -2.94. The van der Waals surface area contributed by atoms with Crippen LogP contribution in [0.1, 0.15) is 38.1 Å². The zero-order valence-corrected chi connectivity index (χ0v) is 25.1. The second-order valence-corrected chi connectivity index (χ2v) is 13.5. The molecule has 9 heteroatoms. The molecule has 0 radical (unpaired) electrons. The molecule has 0 saturated heterocycles. The molecule has 5 rings (SSSR count). The van der Waals surface area contributed by atoms with Gasteiger partial charge >= 0.3 is 236 Å². The fraction of sp³-hybridized carbons (Fsp3) is 0.300. The Morgan fingerprint density at radius 1 is 1.18 bits per heavy atom. The van der Waals surface area contributed by atoms with Crippen LogP contribution < -0.4 is 18.7 Å². The number of allylic oxidation sites excluding steroid dienone is 2. The molecule has 0 fully saturated rings. The zero-order valence-electron chi connectivity index (χ0n) is 22.6. The van der Waals surface area contributed by atoms with Crippen LogP contribution in [0.25, 0.3) is 27.9 Å². The summed E-state index contributed by atoms with van der Waals surface area (Å²) in [6.45, 7) is 7.72. The average molecular weight is 613 g/mol. The summed E-state index contributed by atoms with van der Waals surface area (Å²) in [4.78, 5) is 1.37. The molecule has 0 spiro atoms. The van der Waals surface area contributed by atoms with E-state index in [9.17, 15) is 13.0 Å². The predicted octanol–water partition coefficient (Wildman–Crippen LogP) is 3.34. The van der Waals surface area contributed by atoms with Crippen LogP contribution in [-0.2, 0) is 16.7 Å². The van der Waals surface area contributed by atoms with Crippen molar-refractivity contribution < 1.29 is 31.6 Å². The Morgan fingerprint density at radius 2 is 1.97 bits per heavy atom. The third-order valence-electron chi connectivity index (χ3n) is 7.12. The third-order valence-corrected chi connectivity index (χ3v) is 10.3. The summed E-state index contributed by atoms with van der Waals surface area (Å²) in [5, 5.41) is 2.10. The molecule has 1 aliphatic heterocycles. The molecule has 1 atom stereocenters. The molecule has 39 heavy (non-hydrogen) atoms. The Balaban J connectivity index is 1.59. The number of rotatable bonds is 9. The van der Waals surface area contributed by atoms with Gasteiger partial charge < -0.3 is 0 Å². The number of nitrogens with one attached hydrogen (secondary N) is 1. The predicted molar refractivity (Wildman–Crippen MR) is 154 cm³/mol. The first-order valence-electron chi connectivity index (χ1n) is 13.1. The van der Waals surface area contributed by atoms with Crippen LogP contribution in [0.5, 0.6) is 5.75 Å². The van der Waals surface area contributed by atoms with Gasteiger partial charge in [0.1, 0.15) is 0 Å². The number of hydrogen-bond acceptors (Lipinski definition) is 5. The molecule has 4 aromatic rings. The minimum atomic E-state index is -4.30. The van der Waals surface area contributed by atoms with Crippen molar-refractivity contribution in [2.24, 2.45) is 0 Å². The number of aromatic nitrogens is 1. The molecule has 7 nitrogen and oxygen atoms in total. The summed E-state index contributed by atoms with van der Waals surface area (Å²) in [5.41, 5.74) is 5.23. The van der Waals surface area contributed by atoms with Crippen LogP contribution in [0.15, 0.2) is 69.2 Å². The van der Waals surface area contributed by atoms with E-state index < -0.39 is 15.9 Å². The summed E-state index contributed by atoms with van der Waals surface area (Å²) in [7, 11) is -2.59. The summed E-state index contributed by atoms with van der Waals surface area (Å²) in [6.07, 6.45) is 5.37. The molecular formula is C30H33N2O5SSe+.